The van der Waals surface area contributed by atoms with E-state index < -0.39 is 0 Å². The van der Waals surface area contributed by atoms with Crippen molar-refractivity contribution in [1.29, 1.82) is 0 Å². The van der Waals surface area contributed by atoms with Gasteiger partial charge in [0.25, 0.3) is 0 Å². The van der Waals surface area contributed by atoms with Crippen molar-refractivity contribution in [3.8, 4) is 0 Å². The molecule has 0 bridgehead atoms. The molecular formula is C13H24N4O. The molecule has 0 unspecified atom stereocenters. The lowest BCUT2D eigenvalue weighted by Gasteiger charge is -2.25. The van der Waals surface area contributed by atoms with E-state index in [2.05, 4.69) is 15.5 Å². The van der Waals surface area contributed by atoms with Gasteiger partial charge in [0.05, 0.1) is 19.8 Å². The van der Waals surface area contributed by atoms with Crippen LogP contribution in [0, 0.1) is 0 Å². The van der Waals surface area contributed by atoms with Crippen molar-refractivity contribution < 1.29 is 4.74 Å². The Morgan fingerprint density at radius 1 is 1.06 bits per heavy atom. The van der Waals surface area contributed by atoms with Crippen molar-refractivity contribution in [3.05, 3.63) is 0 Å². The fourth-order valence-corrected chi connectivity index (χ4v) is 2.10. The van der Waals surface area contributed by atoms with E-state index in [0.717, 1.165) is 45.4 Å². The molecular weight excluding hydrogens is 228 g/mol. The SMILES string of the molecule is C(CN1CCOCC1)N=C(NC1CC1)NC1CC1. The molecule has 3 fully saturated rings. The summed E-state index contributed by atoms with van der Waals surface area (Å²) in [4.78, 5) is 7.12. The number of aliphatic imine (C=N–C) groups is 1. The van der Waals surface area contributed by atoms with Crippen LogP contribution in [0.4, 0.5) is 0 Å². The van der Waals surface area contributed by atoms with Gasteiger partial charge in [-0.15, -0.1) is 0 Å². The molecule has 0 atom stereocenters. The molecule has 1 saturated heterocycles. The standard InChI is InChI=1S/C13H24N4O/c1-2-11(1)15-13(16-12-3-4-12)14-5-6-17-7-9-18-10-8-17/h11-12H,1-10H2,(H2,14,15,16). The van der Waals surface area contributed by atoms with Gasteiger partial charge in [-0.2, -0.15) is 0 Å². The molecule has 1 heterocycles. The molecule has 0 aromatic heterocycles. The Morgan fingerprint density at radius 2 is 1.67 bits per heavy atom. The first-order valence-corrected chi connectivity index (χ1v) is 7.28. The van der Waals surface area contributed by atoms with Crippen LogP contribution in [0.1, 0.15) is 25.7 Å². The monoisotopic (exact) mass is 252 g/mol. The average Bonchev–Trinajstić information content (AvgIpc) is 3.26. The van der Waals surface area contributed by atoms with Gasteiger partial charge in [-0.25, -0.2) is 0 Å². The Hall–Kier alpha value is -0.810. The number of rotatable bonds is 5. The van der Waals surface area contributed by atoms with Crippen molar-refractivity contribution in [2.45, 2.75) is 37.8 Å². The van der Waals surface area contributed by atoms with Crippen LogP contribution >= 0.6 is 0 Å². The molecule has 5 heteroatoms. The lowest BCUT2D eigenvalue weighted by Crippen LogP contribution is -2.41. The van der Waals surface area contributed by atoms with E-state index in [1.54, 1.807) is 0 Å². The summed E-state index contributed by atoms with van der Waals surface area (Å²) in [6, 6.07) is 1.36. The van der Waals surface area contributed by atoms with Gasteiger partial charge in [-0.05, 0) is 25.7 Å². The Labute approximate surface area is 109 Å². The highest BCUT2D eigenvalue weighted by molar-refractivity contribution is 5.81. The summed E-state index contributed by atoms with van der Waals surface area (Å²) in [5.41, 5.74) is 0. The summed E-state index contributed by atoms with van der Waals surface area (Å²) in [6.07, 6.45) is 5.20. The molecule has 3 rings (SSSR count). The van der Waals surface area contributed by atoms with Crippen molar-refractivity contribution in [1.82, 2.24) is 15.5 Å². The van der Waals surface area contributed by atoms with Gasteiger partial charge >= 0.3 is 0 Å². The third-order valence-corrected chi connectivity index (χ3v) is 3.63. The van der Waals surface area contributed by atoms with Crippen LogP contribution in [-0.4, -0.2) is 62.3 Å². The molecule has 2 aliphatic carbocycles. The molecule has 0 spiro atoms. The first kappa shape index (κ1) is 12.2. The zero-order valence-corrected chi connectivity index (χ0v) is 11.0. The van der Waals surface area contributed by atoms with Crippen LogP contribution in [-0.2, 0) is 4.74 Å². The zero-order chi connectivity index (χ0) is 12.2. The number of hydrogen-bond acceptors (Lipinski definition) is 3. The summed E-state index contributed by atoms with van der Waals surface area (Å²) < 4.78 is 5.35. The van der Waals surface area contributed by atoms with Crippen molar-refractivity contribution in [2.75, 3.05) is 39.4 Å². The van der Waals surface area contributed by atoms with E-state index in [4.69, 9.17) is 9.73 Å². The van der Waals surface area contributed by atoms with Crippen LogP contribution < -0.4 is 10.6 Å². The van der Waals surface area contributed by atoms with Crippen molar-refractivity contribution in [3.63, 3.8) is 0 Å². The molecule has 0 aromatic carbocycles. The minimum atomic E-state index is 0.679. The van der Waals surface area contributed by atoms with Crippen LogP contribution in [0.5, 0.6) is 0 Å². The molecule has 2 N–H and O–H groups in total. The predicted molar refractivity (Wildman–Crippen MR) is 71.9 cm³/mol. The van der Waals surface area contributed by atoms with Gasteiger partial charge in [0.15, 0.2) is 5.96 Å². The zero-order valence-electron chi connectivity index (χ0n) is 11.0. The van der Waals surface area contributed by atoms with Crippen LogP contribution in [0.25, 0.3) is 0 Å². The molecule has 3 aliphatic rings. The first-order chi connectivity index (χ1) is 8.90. The van der Waals surface area contributed by atoms with E-state index in [0.29, 0.717) is 12.1 Å². The molecule has 0 aromatic rings. The minimum absolute atomic E-state index is 0.679. The van der Waals surface area contributed by atoms with E-state index in [9.17, 15) is 0 Å². The molecule has 0 amide bonds. The fourth-order valence-electron chi connectivity index (χ4n) is 2.10. The van der Waals surface area contributed by atoms with Crippen LogP contribution in [0.2, 0.25) is 0 Å². The maximum Gasteiger partial charge on any atom is 0.191 e. The van der Waals surface area contributed by atoms with Gasteiger partial charge in [-0.3, -0.25) is 9.89 Å². The van der Waals surface area contributed by atoms with E-state index >= 15 is 0 Å². The quantitative estimate of drug-likeness (QED) is 0.541. The second kappa shape index (κ2) is 5.89. The van der Waals surface area contributed by atoms with Gasteiger partial charge < -0.3 is 15.4 Å². The molecule has 18 heavy (non-hydrogen) atoms. The van der Waals surface area contributed by atoms with Crippen molar-refractivity contribution >= 4 is 5.96 Å². The molecule has 102 valence electrons. The van der Waals surface area contributed by atoms with E-state index in [-0.39, 0.29) is 0 Å². The number of hydrogen-bond donors (Lipinski definition) is 2. The maximum absolute atomic E-state index is 5.35. The Balaban J connectivity index is 1.41. The topological polar surface area (TPSA) is 48.9 Å². The summed E-state index contributed by atoms with van der Waals surface area (Å²) in [6.45, 7) is 5.78. The largest absolute Gasteiger partial charge is 0.379 e. The number of guanidine groups is 1. The number of ether oxygens (including phenoxy) is 1. The summed E-state index contributed by atoms with van der Waals surface area (Å²) in [7, 11) is 0. The molecule has 5 nitrogen and oxygen atoms in total. The summed E-state index contributed by atoms with van der Waals surface area (Å²) in [5.74, 6) is 1.04. The predicted octanol–water partition coefficient (Wildman–Crippen LogP) is 0.179. The summed E-state index contributed by atoms with van der Waals surface area (Å²) in [5, 5.41) is 6.99. The van der Waals surface area contributed by atoms with Gasteiger partial charge in [0.1, 0.15) is 0 Å². The maximum atomic E-state index is 5.35. The Bertz CT molecular complexity index is 277. The number of nitrogens with one attached hydrogen (secondary N) is 2. The first-order valence-electron chi connectivity index (χ1n) is 7.28. The Morgan fingerprint density at radius 3 is 2.22 bits per heavy atom. The van der Waals surface area contributed by atoms with Crippen LogP contribution in [0.3, 0.4) is 0 Å². The third kappa shape index (κ3) is 4.14. The third-order valence-electron chi connectivity index (χ3n) is 3.63. The summed E-state index contributed by atoms with van der Waals surface area (Å²) >= 11 is 0. The van der Waals surface area contributed by atoms with Gasteiger partial charge in [0, 0.05) is 31.7 Å². The lowest BCUT2D eigenvalue weighted by atomic mass is 10.4. The number of morpholine rings is 1. The normalized spacial score (nSPS) is 24.7. The van der Waals surface area contributed by atoms with Crippen molar-refractivity contribution in [2.24, 2.45) is 4.99 Å². The molecule has 0 radical (unpaired) electrons. The molecule has 1 aliphatic heterocycles. The van der Waals surface area contributed by atoms with Crippen LogP contribution in [0.15, 0.2) is 4.99 Å². The number of nitrogens with zero attached hydrogens (tertiary/aromatic N) is 2. The van der Waals surface area contributed by atoms with E-state index in [1.165, 1.54) is 25.7 Å². The second-order valence-corrected chi connectivity index (χ2v) is 5.52. The average molecular weight is 252 g/mol. The minimum Gasteiger partial charge on any atom is -0.379 e. The highest BCUT2D eigenvalue weighted by atomic mass is 16.5. The fraction of sp³-hybridized carbons (Fsp3) is 0.923. The second-order valence-electron chi connectivity index (χ2n) is 5.52. The lowest BCUT2D eigenvalue weighted by molar-refractivity contribution is 0.0394. The van der Waals surface area contributed by atoms with Gasteiger partial charge in [-0.1, -0.05) is 0 Å². The van der Waals surface area contributed by atoms with Gasteiger partial charge in [0.2, 0.25) is 0 Å². The molecule has 2 saturated carbocycles. The highest BCUT2D eigenvalue weighted by Gasteiger charge is 2.26. The Kier molecular flexibility index (Phi) is 4.00. The smallest absolute Gasteiger partial charge is 0.191 e. The highest BCUT2D eigenvalue weighted by Crippen LogP contribution is 2.21. The van der Waals surface area contributed by atoms with E-state index in [1.807, 2.05) is 0 Å².